The summed E-state index contributed by atoms with van der Waals surface area (Å²) in [4.78, 5) is 31.6. The summed E-state index contributed by atoms with van der Waals surface area (Å²) in [5.74, 6) is -0.648. The van der Waals surface area contributed by atoms with Crippen molar-refractivity contribution in [2.24, 2.45) is 0 Å². The van der Waals surface area contributed by atoms with Crippen LogP contribution in [-0.2, 0) is 24.2 Å². The molecule has 1 N–H and O–H groups in total. The quantitative estimate of drug-likeness (QED) is 0.363. The number of ether oxygens (including phenoxy) is 1. The fraction of sp³-hybridized carbons (Fsp3) is 0.444. The number of halogens is 1. The van der Waals surface area contributed by atoms with E-state index < -0.39 is 11.3 Å². The Bertz CT molecular complexity index is 1520. The molecule has 0 spiro atoms. The van der Waals surface area contributed by atoms with Gasteiger partial charge in [-0.25, -0.2) is 14.4 Å². The Kier molecular flexibility index (Phi) is 7.74. The summed E-state index contributed by atoms with van der Waals surface area (Å²) in [6, 6.07) is 4.91. The Balaban J connectivity index is 1.23. The topological polar surface area (TPSA) is 86.4 Å². The third-order valence-electron chi connectivity index (χ3n) is 7.32. The maximum Gasteiger partial charge on any atom is 0.301 e. The van der Waals surface area contributed by atoms with Crippen LogP contribution in [0.4, 0.5) is 4.39 Å². The van der Waals surface area contributed by atoms with Gasteiger partial charge in [-0.1, -0.05) is 17.4 Å². The van der Waals surface area contributed by atoms with E-state index >= 15 is 0 Å². The third-order valence-corrected chi connectivity index (χ3v) is 9.29. The minimum atomic E-state index is -0.487. The van der Waals surface area contributed by atoms with E-state index in [4.69, 9.17) is 4.74 Å². The molecule has 12 heteroatoms. The average Bonchev–Trinajstić information content (AvgIpc) is 3.56. The number of morpholine rings is 1. The molecule has 9 nitrogen and oxygen atoms in total. The molecule has 3 aromatic heterocycles. The molecule has 0 saturated carbocycles. The molecule has 2 fully saturated rings. The van der Waals surface area contributed by atoms with Crippen LogP contribution in [0.1, 0.15) is 20.9 Å². The largest absolute Gasteiger partial charge is 0.501 e. The van der Waals surface area contributed by atoms with E-state index in [1.807, 2.05) is 6.07 Å². The summed E-state index contributed by atoms with van der Waals surface area (Å²) in [5, 5.41) is 11.3. The van der Waals surface area contributed by atoms with Crippen LogP contribution >= 0.6 is 22.7 Å². The van der Waals surface area contributed by atoms with E-state index in [1.54, 1.807) is 18.5 Å². The Morgan fingerprint density at radius 1 is 1.00 bits per heavy atom. The number of nitrogens with zero attached hydrogens (tertiary/aromatic N) is 6. The van der Waals surface area contributed by atoms with Crippen molar-refractivity contribution >= 4 is 27.6 Å². The minimum absolute atomic E-state index is 0.205. The Morgan fingerprint density at radius 2 is 1.77 bits per heavy atom. The van der Waals surface area contributed by atoms with Crippen LogP contribution in [0, 0.1) is 5.82 Å². The number of thiazole rings is 2. The summed E-state index contributed by atoms with van der Waals surface area (Å²) in [5.41, 5.74) is 1.69. The summed E-state index contributed by atoms with van der Waals surface area (Å²) in [7, 11) is 2.12. The second-order valence-electron chi connectivity index (χ2n) is 10.2. The molecule has 0 bridgehead atoms. The molecule has 0 aliphatic carbocycles. The van der Waals surface area contributed by atoms with Gasteiger partial charge in [-0.05, 0) is 30.3 Å². The van der Waals surface area contributed by atoms with Gasteiger partial charge >= 0.3 is 5.56 Å². The monoisotopic (exact) mass is 570 g/mol. The SMILES string of the molecule is CN1CCN(Cc2cn3c(=O)c(O)c(-c4ncc(Cc5ccc(F)cc5CN5CCOCC5)s4)nc3s2)CC1. The Labute approximate surface area is 233 Å². The van der Waals surface area contributed by atoms with Gasteiger partial charge in [0.2, 0.25) is 5.75 Å². The predicted octanol–water partition coefficient (Wildman–Crippen LogP) is 2.89. The van der Waals surface area contributed by atoms with Crippen molar-refractivity contribution in [3.8, 4) is 16.5 Å². The summed E-state index contributed by atoms with van der Waals surface area (Å²) in [6.45, 7) is 8.43. The van der Waals surface area contributed by atoms with Crippen LogP contribution in [0.25, 0.3) is 15.7 Å². The average molecular weight is 571 g/mol. The zero-order valence-corrected chi connectivity index (χ0v) is 23.4. The third kappa shape index (κ3) is 5.91. The predicted molar refractivity (Wildman–Crippen MR) is 150 cm³/mol. The molecule has 2 aliphatic rings. The zero-order chi connectivity index (χ0) is 26.9. The molecule has 4 aromatic rings. The van der Waals surface area contributed by atoms with E-state index in [2.05, 4.69) is 31.7 Å². The highest BCUT2D eigenvalue weighted by Crippen LogP contribution is 2.32. The van der Waals surface area contributed by atoms with E-state index in [-0.39, 0.29) is 11.5 Å². The number of hydrogen-bond acceptors (Lipinski definition) is 10. The van der Waals surface area contributed by atoms with Crippen LogP contribution in [0.3, 0.4) is 0 Å². The maximum atomic E-state index is 14.1. The maximum absolute atomic E-state index is 14.1. The lowest BCUT2D eigenvalue weighted by atomic mass is 10.0. The molecule has 0 unspecified atom stereocenters. The Morgan fingerprint density at radius 3 is 2.56 bits per heavy atom. The molecule has 2 aliphatic heterocycles. The lowest BCUT2D eigenvalue weighted by Gasteiger charge is -2.31. The van der Waals surface area contributed by atoms with Gasteiger partial charge in [0.15, 0.2) is 4.96 Å². The number of rotatable bonds is 7. The molecular weight excluding hydrogens is 539 g/mol. The molecule has 5 heterocycles. The molecule has 39 heavy (non-hydrogen) atoms. The number of fused-ring (bicyclic) bond motifs is 1. The first-order valence-electron chi connectivity index (χ1n) is 13.1. The summed E-state index contributed by atoms with van der Waals surface area (Å²) in [6.07, 6.45) is 4.11. The second-order valence-corrected chi connectivity index (χ2v) is 12.4. The highest BCUT2D eigenvalue weighted by Gasteiger charge is 2.21. The molecule has 1 aromatic carbocycles. The van der Waals surface area contributed by atoms with Crippen molar-refractivity contribution in [3.63, 3.8) is 0 Å². The van der Waals surface area contributed by atoms with E-state index in [0.717, 1.165) is 66.7 Å². The molecule has 206 valence electrons. The minimum Gasteiger partial charge on any atom is -0.501 e. The van der Waals surface area contributed by atoms with E-state index in [9.17, 15) is 14.3 Å². The zero-order valence-electron chi connectivity index (χ0n) is 21.8. The van der Waals surface area contributed by atoms with Crippen molar-refractivity contribution in [1.29, 1.82) is 0 Å². The molecule has 0 radical (unpaired) electrons. The van der Waals surface area contributed by atoms with Crippen LogP contribution in [0.5, 0.6) is 5.75 Å². The smallest absolute Gasteiger partial charge is 0.301 e. The van der Waals surface area contributed by atoms with E-state index in [1.165, 1.54) is 33.1 Å². The van der Waals surface area contributed by atoms with Gasteiger partial charge in [-0.15, -0.1) is 11.3 Å². The van der Waals surface area contributed by atoms with Gasteiger partial charge in [-0.2, -0.15) is 0 Å². The normalized spacial score (nSPS) is 17.8. The lowest BCUT2D eigenvalue weighted by molar-refractivity contribution is 0.0340. The van der Waals surface area contributed by atoms with Crippen molar-refractivity contribution < 1.29 is 14.2 Å². The highest BCUT2D eigenvalue weighted by atomic mass is 32.1. The molecule has 0 amide bonds. The first-order valence-corrected chi connectivity index (χ1v) is 14.7. The number of aromatic nitrogens is 3. The fourth-order valence-corrected chi connectivity index (χ4v) is 6.96. The number of hydrogen-bond donors (Lipinski definition) is 1. The van der Waals surface area contributed by atoms with Crippen molar-refractivity contribution in [2.75, 3.05) is 59.5 Å². The Hall–Kier alpha value is -2.74. The molecule has 6 rings (SSSR count). The van der Waals surface area contributed by atoms with Gasteiger partial charge in [-0.3, -0.25) is 19.0 Å². The van der Waals surface area contributed by atoms with Gasteiger partial charge in [0.1, 0.15) is 16.5 Å². The molecular formula is C27H31FN6O3S2. The van der Waals surface area contributed by atoms with Crippen LogP contribution < -0.4 is 5.56 Å². The van der Waals surface area contributed by atoms with Gasteiger partial charge < -0.3 is 14.7 Å². The van der Waals surface area contributed by atoms with E-state index in [0.29, 0.717) is 36.1 Å². The van der Waals surface area contributed by atoms with Gasteiger partial charge in [0, 0.05) is 80.9 Å². The van der Waals surface area contributed by atoms with Gasteiger partial charge in [0.25, 0.3) is 0 Å². The van der Waals surface area contributed by atoms with Crippen molar-refractivity contribution in [2.45, 2.75) is 19.5 Å². The molecule has 0 atom stereocenters. The summed E-state index contributed by atoms with van der Waals surface area (Å²) >= 11 is 2.86. The lowest BCUT2D eigenvalue weighted by Crippen LogP contribution is -2.43. The van der Waals surface area contributed by atoms with Crippen LogP contribution in [0.2, 0.25) is 0 Å². The standard InChI is InChI=1S/C27H31FN6O3S2/c1-31-4-6-32(7-5-31)16-22-17-34-26(36)24(35)23(30-27(34)39-22)25-29-14-21(38-25)13-18-2-3-20(28)12-19(18)15-33-8-10-37-11-9-33/h2-3,12,14,17,35H,4-11,13,15-16H2,1H3. The number of aromatic hydroxyl groups is 1. The number of piperazine rings is 1. The van der Waals surface area contributed by atoms with Gasteiger partial charge in [0.05, 0.1) is 13.2 Å². The number of likely N-dealkylation sites (N-methyl/N-ethyl adjacent to an activating group) is 1. The highest BCUT2D eigenvalue weighted by molar-refractivity contribution is 7.17. The van der Waals surface area contributed by atoms with Crippen molar-refractivity contribution in [1.82, 2.24) is 29.1 Å². The van der Waals surface area contributed by atoms with Crippen molar-refractivity contribution in [3.05, 3.63) is 67.6 Å². The van der Waals surface area contributed by atoms with Crippen LogP contribution in [0.15, 0.2) is 35.4 Å². The van der Waals surface area contributed by atoms with Crippen LogP contribution in [-0.4, -0.2) is 93.7 Å². The number of benzene rings is 1. The first kappa shape index (κ1) is 26.5. The first-order chi connectivity index (χ1) is 18.9. The second kappa shape index (κ2) is 11.4. The fourth-order valence-electron chi connectivity index (χ4n) is 5.03. The summed E-state index contributed by atoms with van der Waals surface area (Å²) < 4.78 is 21.0. The molecule has 2 saturated heterocycles.